The molecule has 158 valence electrons. The van der Waals surface area contributed by atoms with Gasteiger partial charge in [0.15, 0.2) is 0 Å². The van der Waals surface area contributed by atoms with Crippen molar-refractivity contribution in [2.75, 3.05) is 11.9 Å². The first-order chi connectivity index (χ1) is 15.0. The number of anilines is 1. The molecule has 2 N–H and O–H groups in total. The van der Waals surface area contributed by atoms with Crippen LogP contribution < -0.4 is 15.4 Å². The van der Waals surface area contributed by atoms with Crippen molar-refractivity contribution in [3.63, 3.8) is 0 Å². The lowest BCUT2D eigenvalue weighted by molar-refractivity contribution is -0.130. The van der Waals surface area contributed by atoms with E-state index in [1.807, 2.05) is 54.6 Å². The zero-order valence-electron chi connectivity index (χ0n) is 16.5. The van der Waals surface area contributed by atoms with E-state index in [9.17, 15) is 18.4 Å². The van der Waals surface area contributed by atoms with Crippen molar-refractivity contribution >= 4 is 17.5 Å². The highest BCUT2D eigenvalue weighted by Gasteiger charge is 2.41. The quantitative estimate of drug-likeness (QED) is 0.590. The second-order valence-electron chi connectivity index (χ2n) is 7.29. The second-order valence-corrected chi connectivity index (χ2v) is 7.29. The Morgan fingerprint density at radius 3 is 2.61 bits per heavy atom. The number of amides is 2. The van der Waals surface area contributed by atoms with Crippen LogP contribution >= 0.6 is 0 Å². The summed E-state index contributed by atoms with van der Waals surface area (Å²) in [5, 5.41) is 5.11. The summed E-state index contributed by atoms with van der Waals surface area (Å²) in [5.74, 6) is -3.44. The van der Waals surface area contributed by atoms with Gasteiger partial charge >= 0.3 is 0 Å². The van der Waals surface area contributed by atoms with Gasteiger partial charge in [-0.05, 0) is 35.4 Å². The number of carbonyl (C=O) groups is 2. The van der Waals surface area contributed by atoms with Gasteiger partial charge in [-0.2, -0.15) is 0 Å². The fourth-order valence-corrected chi connectivity index (χ4v) is 3.63. The number of nitrogens with one attached hydrogen (secondary N) is 2. The Morgan fingerprint density at radius 1 is 1.03 bits per heavy atom. The van der Waals surface area contributed by atoms with Crippen molar-refractivity contribution in [3.05, 3.63) is 95.6 Å². The van der Waals surface area contributed by atoms with Gasteiger partial charge in [-0.15, -0.1) is 0 Å². The van der Waals surface area contributed by atoms with Crippen LogP contribution in [-0.2, 0) is 16.2 Å². The average molecular weight is 422 g/mol. The van der Waals surface area contributed by atoms with Gasteiger partial charge in [0.2, 0.25) is 11.8 Å². The molecule has 1 heterocycles. The summed E-state index contributed by atoms with van der Waals surface area (Å²) in [6.45, 7) is 0.620. The predicted molar refractivity (Wildman–Crippen MR) is 111 cm³/mol. The number of halogens is 2. The summed E-state index contributed by atoms with van der Waals surface area (Å²) in [6, 6.07) is 19.7. The van der Waals surface area contributed by atoms with E-state index in [2.05, 4.69) is 10.6 Å². The molecule has 0 aliphatic carbocycles. The summed E-state index contributed by atoms with van der Waals surface area (Å²) in [6.07, 6.45) is 0. The highest BCUT2D eigenvalue weighted by atomic mass is 19.1. The molecule has 31 heavy (non-hydrogen) atoms. The maximum Gasteiger partial charge on any atom is 0.237 e. The number of carbonyl (C=O) groups excluding carboxylic acids is 2. The molecule has 5 nitrogen and oxygen atoms in total. The van der Waals surface area contributed by atoms with Crippen LogP contribution in [0.2, 0.25) is 0 Å². The molecule has 2 unspecified atom stereocenters. The Kier molecular flexibility index (Phi) is 5.93. The highest BCUT2D eigenvalue weighted by molar-refractivity contribution is 6.08. The molecule has 1 aliphatic heterocycles. The average Bonchev–Trinajstić information content (AvgIpc) is 3.17. The molecule has 3 aromatic rings. The van der Waals surface area contributed by atoms with Crippen molar-refractivity contribution < 1.29 is 23.1 Å². The summed E-state index contributed by atoms with van der Waals surface area (Å²) in [4.78, 5) is 25.2. The first kappa shape index (κ1) is 20.5. The molecule has 3 aromatic carbocycles. The van der Waals surface area contributed by atoms with E-state index in [1.165, 1.54) is 0 Å². The van der Waals surface area contributed by atoms with Gasteiger partial charge in [0.25, 0.3) is 0 Å². The minimum Gasteiger partial charge on any atom is -0.489 e. The van der Waals surface area contributed by atoms with Crippen LogP contribution in [0.5, 0.6) is 5.75 Å². The van der Waals surface area contributed by atoms with Crippen molar-refractivity contribution in [1.29, 1.82) is 0 Å². The lowest BCUT2D eigenvalue weighted by Crippen LogP contribution is -2.32. The first-order valence-corrected chi connectivity index (χ1v) is 9.81. The van der Waals surface area contributed by atoms with E-state index in [4.69, 9.17) is 4.74 Å². The molecule has 7 heteroatoms. The Balaban J connectivity index is 1.50. The van der Waals surface area contributed by atoms with E-state index in [1.54, 1.807) is 0 Å². The molecular weight excluding hydrogens is 402 g/mol. The Morgan fingerprint density at radius 2 is 1.84 bits per heavy atom. The number of hydrogen-bond acceptors (Lipinski definition) is 3. The van der Waals surface area contributed by atoms with Gasteiger partial charge in [0.05, 0.1) is 5.69 Å². The lowest BCUT2D eigenvalue weighted by atomic mass is 9.87. The van der Waals surface area contributed by atoms with Gasteiger partial charge in [0.1, 0.15) is 29.9 Å². The molecule has 4 rings (SSSR count). The smallest absolute Gasteiger partial charge is 0.237 e. The number of para-hydroxylation sites is 1. The predicted octanol–water partition coefficient (Wildman–Crippen LogP) is 4.01. The van der Waals surface area contributed by atoms with E-state index in [0.717, 1.165) is 29.0 Å². The van der Waals surface area contributed by atoms with Crippen molar-refractivity contribution in [2.45, 2.75) is 12.5 Å². The summed E-state index contributed by atoms with van der Waals surface area (Å²) in [7, 11) is 0. The molecule has 2 atom stereocenters. The van der Waals surface area contributed by atoms with Crippen molar-refractivity contribution in [1.82, 2.24) is 5.32 Å². The van der Waals surface area contributed by atoms with Crippen LogP contribution in [0.3, 0.4) is 0 Å². The maximum atomic E-state index is 13.9. The third-order valence-electron chi connectivity index (χ3n) is 5.18. The molecule has 0 bridgehead atoms. The summed E-state index contributed by atoms with van der Waals surface area (Å²) < 4.78 is 32.8. The van der Waals surface area contributed by atoms with Crippen LogP contribution in [0, 0.1) is 17.6 Å². The largest absolute Gasteiger partial charge is 0.489 e. The minimum atomic E-state index is -1.03. The zero-order valence-corrected chi connectivity index (χ0v) is 16.5. The Hall–Kier alpha value is -3.74. The molecule has 1 fully saturated rings. The number of rotatable bonds is 6. The first-order valence-electron chi connectivity index (χ1n) is 9.81. The van der Waals surface area contributed by atoms with Crippen LogP contribution in [0.1, 0.15) is 17.0 Å². The standard InChI is InChI=1S/C24H20F2N2O3/c25-17-9-10-21(20(26)12-17)28-24(30)22-19(13-27-23(22)29)16-6-4-5-15(11-16)14-31-18-7-2-1-3-8-18/h1-12,19,22H,13-14H2,(H,27,29)(H,28,30). The van der Waals surface area contributed by atoms with Gasteiger partial charge in [0, 0.05) is 18.5 Å². The Labute approximate surface area is 178 Å². The van der Waals surface area contributed by atoms with E-state index < -0.39 is 35.3 Å². The van der Waals surface area contributed by atoms with Gasteiger partial charge in [-0.1, -0.05) is 42.5 Å². The monoisotopic (exact) mass is 422 g/mol. The molecule has 1 aliphatic rings. The number of hydrogen-bond donors (Lipinski definition) is 2. The Bertz CT molecular complexity index is 1100. The minimum absolute atomic E-state index is 0.171. The van der Waals surface area contributed by atoms with E-state index in [-0.39, 0.29) is 12.2 Å². The summed E-state index contributed by atoms with van der Waals surface area (Å²) in [5.41, 5.74) is 1.52. The van der Waals surface area contributed by atoms with E-state index in [0.29, 0.717) is 12.7 Å². The van der Waals surface area contributed by atoms with E-state index >= 15 is 0 Å². The van der Waals surface area contributed by atoms with Gasteiger partial charge in [-0.3, -0.25) is 9.59 Å². The normalized spacial score (nSPS) is 17.8. The maximum absolute atomic E-state index is 13.9. The van der Waals surface area contributed by atoms with Crippen LogP contribution in [0.25, 0.3) is 0 Å². The lowest BCUT2D eigenvalue weighted by Gasteiger charge is -2.18. The van der Waals surface area contributed by atoms with Gasteiger partial charge in [-0.25, -0.2) is 8.78 Å². The van der Waals surface area contributed by atoms with Crippen LogP contribution in [-0.4, -0.2) is 18.4 Å². The molecule has 0 aromatic heterocycles. The zero-order chi connectivity index (χ0) is 21.8. The van der Waals surface area contributed by atoms with Gasteiger partial charge < -0.3 is 15.4 Å². The molecule has 1 saturated heterocycles. The number of ether oxygens (including phenoxy) is 1. The topological polar surface area (TPSA) is 67.4 Å². The SMILES string of the molecule is O=C1NCC(c2cccc(COc3ccccc3)c2)C1C(=O)Nc1ccc(F)cc1F. The molecular formula is C24H20F2N2O3. The number of benzene rings is 3. The molecule has 0 radical (unpaired) electrons. The fourth-order valence-electron chi connectivity index (χ4n) is 3.63. The third kappa shape index (κ3) is 4.71. The van der Waals surface area contributed by atoms with Crippen molar-refractivity contribution in [2.24, 2.45) is 5.92 Å². The second kappa shape index (κ2) is 8.95. The molecule has 0 saturated carbocycles. The molecule has 0 spiro atoms. The highest BCUT2D eigenvalue weighted by Crippen LogP contribution is 2.31. The van der Waals surface area contributed by atoms with Crippen molar-refractivity contribution in [3.8, 4) is 5.75 Å². The van der Waals surface area contributed by atoms with Crippen LogP contribution in [0.15, 0.2) is 72.8 Å². The fraction of sp³-hybridized carbons (Fsp3) is 0.167. The van der Waals surface area contributed by atoms with Crippen LogP contribution in [0.4, 0.5) is 14.5 Å². The molecule has 2 amide bonds. The third-order valence-corrected chi connectivity index (χ3v) is 5.18. The summed E-state index contributed by atoms with van der Waals surface area (Å²) >= 11 is 0.